The lowest BCUT2D eigenvalue weighted by Gasteiger charge is -2.23. The molecule has 2 aromatic heterocycles. The van der Waals surface area contributed by atoms with E-state index in [1.165, 1.54) is 22.1 Å². The third kappa shape index (κ3) is 3.43. The van der Waals surface area contributed by atoms with Gasteiger partial charge in [0.25, 0.3) is 0 Å². The second-order valence-corrected chi connectivity index (χ2v) is 8.11. The van der Waals surface area contributed by atoms with E-state index in [9.17, 15) is 4.39 Å². The smallest absolute Gasteiger partial charge is 0.223 e. The molecule has 2 aromatic rings. The van der Waals surface area contributed by atoms with Gasteiger partial charge in [0.1, 0.15) is 0 Å². The molecular formula is C17H21FN4OS. The normalized spacial score (nSPS) is 27.2. The summed E-state index contributed by atoms with van der Waals surface area (Å²) in [4.78, 5) is 13.2. The number of nitrogens with one attached hydrogen (secondary N) is 1. The fourth-order valence-electron chi connectivity index (χ4n) is 3.64. The molecule has 1 N–H and O–H groups in total. The van der Waals surface area contributed by atoms with Crippen molar-refractivity contribution in [2.45, 2.75) is 38.0 Å². The predicted molar refractivity (Wildman–Crippen MR) is 91.7 cm³/mol. The van der Waals surface area contributed by atoms with Crippen molar-refractivity contribution in [3.05, 3.63) is 40.1 Å². The molecule has 2 saturated heterocycles. The molecule has 0 saturated carbocycles. The molecular weight excluding hydrogens is 327 g/mol. The Bertz CT molecular complexity index is 707. The lowest BCUT2D eigenvalue weighted by atomic mass is 9.97. The van der Waals surface area contributed by atoms with E-state index in [2.05, 4.69) is 39.2 Å². The molecule has 2 aliphatic rings. The Balaban J connectivity index is 1.33. The van der Waals surface area contributed by atoms with Gasteiger partial charge in [-0.05, 0) is 25.5 Å². The van der Waals surface area contributed by atoms with Crippen LogP contribution >= 0.6 is 11.3 Å². The zero-order chi connectivity index (χ0) is 16.6. The minimum absolute atomic E-state index is 0.0655. The van der Waals surface area contributed by atoms with Crippen molar-refractivity contribution in [3.63, 3.8) is 0 Å². The Labute approximate surface area is 144 Å². The second-order valence-electron chi connectivity index (χ2n) is 6.74. The van der Waals surface area contributed by atoms with Crippen LogP contribution in [-0.4, -0.2) is 46.2 Å². The molecule has 24 heavy (non-hydrogen) atoms. The summed E-state index contributed by atoms with van der Waals surface area (Å²) in [5.41, 5.74) is -0.0655. The molecule has 0 aliphatic carbocycles. The first-order valence-electron chi connectivity index (χ1n) is 8.26. The quantitative estimate of drug-likeness (QED) is 0.921. The van der Waals surface area contributed by atoms with Crippen molar-refractivity contribution in [3.8, 4) is 0 Å². The SMILES string of the molecule is Cc1ccc(CN2CC[C@]3(C[C@H](Nc4ncc(F)cn4)CO3)C2)s1. The van der Waals surface area contributed by atoms with Gasteiger partial charge in [-0.3, -0.25) is 4.90 Å². The summed E-state index contributed by atoms with van der Waals surface area (Å²) in [6, 6.07) is 4.58. The summed E-state index contributed by atoms with van der Waals surface area (Å²) in [7, 11) is 0. The summed E-state index contributed by atoms with van der Waals surface area (Å²) in [5, 5.41) is 3.26. The molecule has 1 spiro atoms. The zero-order valence-corrected chi connectivity index (χ0v) is 14.5. The molecule has 0 aromatic carbocycles. The maximum absolute atomic E-state index is 12.9. The van der Waals surface area contributed by atoms with E-state index in [4.69, 9.17) is 4.74 Å². The summed E-state index contributed by atoms with van der Waals surface area (Å²) >= 11 is 1.87. The van der Waals surface area contributed by atoms with Crippen LogP contribution in [0.15, 0.2) is 24.5 Å². The maximum Gasteiger partial charge on any atom is 0.223 e. The first kappa shape index (κ1) is 15.9. The van der Waals surface area contributed by atoms with Crippen LogP contribution in [0.2, 0.25) is 0 Å². The number of likely N-dealkylation sites (tertiary alicyclic amines) is 1. The average Bonchev–Trinajstić information content (AvgIpc) is 3.25. The van der Waals surface area contributed by atoms with Crippen molar-refractivity contribution in [2.75, 3.05) is 25.0 Å². The van der Waals surface area contributed by atoms with Crippen molar-refractivity contribution in [2.24, 2.45) is 0 Å². The molecule has 2 aliphatic heterocycles. The van der Waals surface area contributed by atoms with Crippen LogP contribution in [0.5, 0.6) is 0 Å². The van der Waals surface area contributed by atoms with Gasteiger partial charge in [0.15, 0.2) is 5.82 Å². The Morgan fingerprint density at radius 1 is 1.42 bits per heavy atom. The number of halogens is 1. The monoisotopic (exact) mass is 348 g/mol. The van der Waals surface area contributed by atoms with E-state index in [1.54, 1.807) is 0 Å². The van der Waals surface area contributed by atoms with Crippen molar-refractivity contribution in [1.82, 2.24) is 14.9 Å². The summed E-state index contributed by atoms with van der Waals surface area (Å²) in [6.45, 7) is 5.83. The van der Waals surface area contributed by atoms with Crippen LogP contribution in [0.1, 0.15) is 22.6 Å². The van der Waals surface area contributed by atoms with E-state index in [0.717, 1.165) is 32.5 Å². The average molecular weight is 348 g/mol. The van der Waals surface area contributed by atoms with Gasteiger partial charge in [-0.1, -0.05) is 0 Å². The molecule has 4 rings (SSSR count). The predicted octanol–water partition coefficient (Wildman–Crippen LogP) is 2.83. The highest BCUT2D eigenvalue weighted by atomic mass is 32.1. The third-order valence-corrected chi connectivity index (χ3v) is 5.72. The van der Waals surface area contributed by atoms with Crippen molar-refractivity contribution >= 4 is 17.3 Å². The minimum Gasteiger partial charge on any atom is -0.371 e. The zero-order valence-electron chi connectivity index (χ0n) is 13.7. The maximum atomic E-state index is 12.9. The Hall–Kier alpha value is -1.57. The Morgan fingerprint density at radius 2 is 2.25 bits per heavy atom. The molecule has 5 nitrogen and oxygen atoms in total. The van der Waals surface area contributed by atoms with Crippen LogP contribution in [-0.2, 0) is 11.3 Å². The highest BCUT2D eigenvalue weighted by molar-refractivity contribution is 7.11. The van der Waals surface area contributed by atoms with E-state index in [1.807, 2.05) is 11.3 Å². The Morgan fingerprint density at radius 3 is 3.00 bits per heavy atom. The molecule has 2 fully saturated rings. The summed E-state index contributed by atoms with van der Waals surface area (Å²) in [6.07, 6.45) is 4.36. The highest BCUT2D eigenvalue weighted by Crippen LogP contribution is 2.36. The molecule has 0 bridgehead atoms. The molecule has 0 unspecified atom stereocenters. The first-order chi connectivity index (χ1) is 11.6. The molecule has 128 valence electrons. The van der Waals surface area contributed by atoms with Gasteiger partial charge in [0, 0.05) is 35.8 Å². The van der Waals surface area contributed by atoms with Gasteiger partial charge < -0.3 is 10.1 Å². The number of ether oxygens (including phenoxy) is 1. The van der Waals surface area contributed by atoms with E-state index in [-0.39, 0.29) is 11.6 Å². The highest BCUT2D eigenvalue weighted by Gasteiger charge is 2.45. The number of hydrogen-bond acceptors (Lipinski definition) is 6. The van der Waals surface area contributed by atoms with Crippen LogP contribution < -0.4 is 5.32 Å². The molecule has 2 atom stereocenters. The van der Waals surface area contributed by atoms with Crippen molar-refractivity contribution in [1.29, 1.82) is 0 Å². The van der Waals surface area contributed by atoms with Gasteiger partial charge >= 0.3 is 0 Å². The number of thiophene rings is 1. The molecule has 4 heterocycles. The van der Waals surface area contributed by atoms with Gasteiger partial charge in [0.05, 0.1) is 30.6 Å². The number of rotatable bonds is 4. The lowest BCUT2D eigenvalue weighted by Crippen LogP contribution is -2.33. The van der Waals surface area contributed by atoms with Gasteiger partial charge in [-0.2, -0.15) is 0 Å². The number of aromatic nitrogens is 2. The van der Waals surface area contributed by atoms with Crippen molar-refractivity contribution < 1.29 is 9.13 Å². The summed E-state index contributed by atoms with van der Waals surface area (Å²) < 4.78 is 19.0. The number of nitrogens with zero attached hydrogens (tertiary/aromatic N) is 3. The van der Waals surface area contributed by atoms with Crippen LogP contribution in [0.3, 0.4) is 0 Å². The molecule has 0 radical (unpaired) electrons. The fraction of sp³-hybridized carbons (Fsp3) is 0.529. The van der Waals surface area contributed by atoms with E-state index >= 15 is 0 Å². The first-order valence-corrected chi connectivity index (χ1v) is 9.08. The number of hydrogen-bond donors (Lipinski definition) is 1. The van der Waals surface area contributed by atoms with Gasteiger partial charge in [0.2, 0.25) is 5.95 Å². The minimum atomic E-state index is -0.421. The fourth-order valence-corrected chi connectivity index (χ4v) is 4.58. The lowest BCUT2D eigenvalue weighted by molar-refractivity contribution is 0.0120. The standard InChI is InChI=1S/C17H21FN4OS/c1-12-2-3-15(24-12)9-22-5-4-17(11-22)6-14(10-23-17)21-16-19-7-13(18)8-20-16/h2-3,7-8,14H,4-6,9-11H2,1H3,(H,19,20,21)/t14-,17-/m0/s1. The van der Waals surface area contributed by atoms with E-state index < -0.39 is 5.82 Å². The van der Waals surface area contributed by atoms with Gasteiger partial charge in [-0.25, -0.2) is 14.4 Å². The summed E-state index contributed by atoms with van der Waals surface area (Å²) in [5.74, 6) is 0.0425. The van der Waals surface area contributed by atoms with Crippen LogP contribution in [0.25, 0.3) is 0 Å². The molecule has 0 amide bonds. The molecule has 7 heteroatoms. The number of aryl methyl sites for hydroxylation is 1. The topological polar surface area (TPSA) is 50.3 Å². The Kier molecular flexibility index (Phi) is 4.24. The van der Waals surface area contributed by atoms with Gasteiger partial charge in [-0.15, -0.1) is 11.3 Å². The third-order valence-electron chi connectivity index (χ3n) is 4.73. The second kappa shape index (κ2) is 6.38. The largest absolute Gasteiger partial charge is 0.371 e. The van der Waals surface area contributed by atoms with Crippen LogP contribution in [0.4, 0.5) is 10.3 Å². The number of anilines is 1. The van der Waals surface area contributed by atoms with Crippen LogP contribution in [0, 0.1) is 12.7 Å². The van der Waals surface area contributed by atoms with E-state index in [0.29, 0.717) is 12.6 Å².